The Kier molecular flexibility index (Phi) is 5.64. The van der Waals surface area contributed by atoms with Gasteiger partial charge in [-0.15, -0.1) is 0 Å². The molecular formula is C18H29O2. The maximum atomic E-state index is 5.53. The van der Waals surface area contributed by atoms with Gasteiger partial charge in [-0.2, -0.15) is 0 Å². The molecule has 1 rings (SSSR count). The molecule has 2 nitrogen and oxygen atoms in total. The van der Waals surface area contributed by atoms with Gasteiger partial charge in [0.25, 0.3) is 0 Å². The van der Waals surface area contributed by atoms with E-state index in [0.717, 1.165) is 12.2 Å². The summed E-state index contributed by atoms with van der Waals surface area (Å²) >= 11 is 0. The lowest BCUT2D eigenvalue weighted by atomic mass is 9.71. The summed E-state index contributed by atoms with van der Waals surface area (Å²) in [5, 5.41) is 0. The molecule has 0 fully saturated rings. The van der Waals surface area contributed by atoms with Crippen molar-refractivity contribution in [2.75, 3.05) is 13.4 Å². The summed E-state index contributed by atoms with van der Waals surface area (Å²) in [6, 6.07) is 6.30. The quantitative estimate of drug-likeness (QED) is 0.544. The third kappa shape index (κ3) is 5.16. The van der Waals surface area contributed by atoms with Crippen LogP contribution in [0.1, 0.15) is 52.2 Å². The van der Waals surface area contributed by atoms with Gasteiger partial charge >= 0.3 is 0 Å². The molecule has 20 heavy (non-hydrogen) atoms. The summed E-state index contributed by atoms with van der Waals surface area (Å²) < 4.78 is 10.6. The van der Waals surface area contributed by atoms with Crippen LogP contribution in [-0.2, 0) is 10.2 Å². The number of rotatable bonds is 6. The Balaban J connectivity index is 2.86. The Labute approximate surface area is 124 Å². The van der Waals surface area contributed by atoms with Gasteiger partial charge in [0.1, 0.15) is 5.75 Å². The van der Waals surface area contributed by atoms with E-state index < -0.39 is 0 Å². The van der Waals surface area contributed by atoms with E-state index in [1.807, 2.05) is 6.07 Å². The third-order valence-electron chi connectivity index (χ3n) is 3.35. The van der Waals surface area contributed by atoms with Crippen molar-refractivity contribution in [1.29, 1.82) is 0 Å². The fraction of sp³-hybridized carbons (Fsp3) is 0.611. The van der Waals surface area contributed by atoms with Crippen molar-refractivity contribution in [1.82, 2.24) is 0 Å². The van der Waals surface area contributed by atoms with Crippen LogP contribution in [-0.4, -0.2) is 13.4 Å². The van der Waals surface area contributed by atoms with Gasteiger partial charge in [0.05, 0.1) is 6.61 Å². The van der Waals surface area contributed by atoms with Gasteiger partial charge in [0.2, 0.25) is 0 Å². The minimum Gasteiger partial charge on any atom is -0.468 e. The molecule has 0 N–H and O–H groups in total. The molecule has 0 spiro atoms. The minimum absolute atomic E-state index is 0.157. The van der Waals surface area contributed by atoms with Crippen molar-refractivity contribution < 1.29 is 9.47 Å². The smallest absolute Gasteiger partial charge is 0.189 e. The molecule has 0 heterocycles. The highest BCUT2D eigenvalue weighted by Gasteiger charge is 2.28. The molecule has 0 atom stereocenters. The zero-order chi connectivity index (χ0) is 15.4. The molecule has 0 saturated carbocycles. The molecular weight excluding hydrogens is 248 g/mol. The maximum Gasteiger partial charge on any atom is 0.189 e. The first-order valence-corrected chi connectivity index (χ1v) is 7.27. The minimum atomic E-state index is 0.157. The van der Waals surface area contributed by atoms with E-state index in [4.69, 9.17) is 9.47 Å². The lowest BCUT2D eigenvalue weighted by molar-refractivity contribution is 0.0298. The number of aryl methyl sites for hydroxylation is 1. The highest BCUT2D eigenvalue weighted by molar-refractivity contribution is 5.39. The van der Waals surface area contributed by atoms with Crippen LogP contribution in [0, 0.1) is 19.3 Å². The van der Waals surface area contributed by atoms with Crippen molar-refractivity contribution >= 4 is 0 Å². The van der Waals surface area contributed by atoms with E-state index >= 15 is 0 Å². The monoisotopic (exact) mass is 277 g/mol. The van der Waals surface area contributed by atoms with Crippen molar-refractivity contribution in [3.63, 3.8) is 0 Å². The molecule has 0 aliphatic carbocycles. The van der Waals surface area contributed by atoms with E-state index in [1.54, 1.807) is 0 Å². The summed E-state index contributed by atoms with van der Waals surface area (Å²) in [5.74, 6) is 0.853. The van der Waals surface area contributed by atoms with Crippen LogP contribution in [0.15, 0.2) is 18.2 Å². The van der Waals surface area contributed by atoms with Crippen LogP contribution in [0.4, 0.5) is 0 Å². The standard InChI is InChI=1S/C18H29O2/c1-8-19-13-20-15-9-10-16(14(2)11-15)18(6,7)12-17(3,4)5/h9-11H,1,8,12-13H2,2-7H3. The molecule has 0 aliphatic heterocycles. The molecule has 1 aromatic rings. The Hall–Kier alpha value is -1.02. The number of hydrogen-bond acceptors (Lipinski definition) is 2. The number of benzene rings is 1. The zero-order valence-corrected chi connectivity index (χ0v) is 13.9. The molecule has 0 aliphatic rings. The van der Waals surface area contributed by atoms with Crippen molar-refractivity contribution in [3.8, 4) is 5.75 Å². The van der Waals surface area contributed by atoms with Crippen LogP contribution in [0.25, 0.3) is 0 Å². The average molecular weight is 277 g/mol. The zero-order valence-electron chi connectivity index (χ0n) is 13.9. The number of hydrogen-bond donors (Lipinski definition) is 0. The van der Waals surface area contributed by atoms with Gasteiger partial charge in [-0.1, -0.05) is 40.7 Å². The fourth-order valence-electron chi connectivity index (χ4n) is 3.07. The average Bonchev–Trinajstić information content (AvgIpc) is 2.25. The highest BCUT2D eigenvalue weighted by atomic mass is 16.7. The molecule has 0 aromatic heterocycles. The molecule has 1 radical (unpaired) electrons. The van der Waals surface area contributed by atoms with Gasteiger partial charge in [-0.3, -0.25) is 0 Å². The third-order valence-corrected chi connectivity index (χ3v) is 3.35. The normalized spacial score (nSPS) is 12.6. The van der Waals surface area contributed by atoms with Crippen molar-refractivity contribution in [2.24, 2.45) is 5.41 Å². The van der Waals surface area contributed by atoms with Crippen molar-refractivity contribution in [3.05, 3.63) is 36.2 Å². The van der Waals surface area contributed by atoms with E-state index in [2.05, 4.69) is 60.6 Å². The van der Waals surface area contributed by atoms with Crippen LogP contribution in [0.3, 0.4) is 0 Å². The van der Waals surface area contributed by atoms with Gasteiger partial charge in [-0.25, -0.2) is 0 Å². The van der Waals surface area contributed by atoms with Crippen LogP contribution < -0.4 is 4.74 Å². The summed E-state index contributed by atoms with van der Waals surface area (Å²) in [7, 11) is 0. The molecule has 0 bridgehead atoms. The first kappa shape index (κ1) is 17.0. The van der Waals surface area contributed by atoms with E-state index in [-0.39, 0.29) is 12.2 Å². The van der Waals surface area contributed by atoms with Gasteiger partial charge in [-0.05, 0) is 54.4 Å². The number of ether oxygens (including phenoxy) is 2. The molecule has 1 aromatic carbocycles. The Bertz CT molecular complexity index is 428. The molecule has 0 unspecified atom stereocenters. The lowest BCUT2D eigenvalue weighted by Crippen LogP contribution is -2.25. The van der Waals surface area contributed by atoms with Gasteiger partial charge in [0, 0.05) is 0 Å². The summed E-state index contributed by atoms with van der Waals surface area (Å²) in [6.07, 6.45) is 1.14. The second-order valence-electron chi connectivity index (χ2n) is 7.27. The first-order chi connectivity index (χ1) is 9.15. The van der Waals surface area contributed by atoms with Crippen LogP contribution in [0.2, 0.25) is 0 Å². The van der Waals surface area contributed by atoms with E-state index in [9.17, 15) is 0 Å². The first-order valence-electron chi connectivity index (χ1n) is 7.27. The fourth-order valence-corrected chi connectivity index (χ4v) is 3.07. The highest BCUT2D eigenvalue weighted by Crippen LogP contribution is 2.38. The topological polar surface area (TPSA) is 18.5 Å². The Morgan fingerprint density at radius 3 is 2.25 bits per heavy atom. The summed E-state index contributed by atoms with van der Waals surface area (Å²) in [4.78, 5) is 0. The van der Waals surface area contributed by atoms with Crippen LogP contribution >= 0.6 is 0 Å². The van der Waals surface area contributed by atoms with Gasteiger partial charge < -0.3 is 9.47 Å². The molecule has 0 saturated heterocycles. The Morgan fingerprint density at radius 1 is 1.10 bits per heavy atom. The van der Waals surface area contributed by atoms with Crippen molar-refractivity contribution in [2.45, 2.75) is 53.4 Å². The van der Waals surface area contributed by atoms with E-state index in [0.29, 0.717) is 12.0 Å². The SMILES string of the molecule is [CH2]COCOc1ccc(C(C)(C)CC(C)(C)C)c(C)c1. The largest absolute Gasteiger partial charge is 0.468 e. The molecule has 113 valence electrons. The second-order valence-corrected chi connectivity index (χ2v) is 7.27. The predicted molar refractivity (Wildman–Crippen MR) is 85.1 cm³/mol. The summed E-state index contributed by atoms with van der Waals surface area (Å²) in [6.45, 7) is 17.9. The lowest BCUT2D eigenvalue weighted by Gasteiger charge is -2.34. The summed E-state index contributed by atoms with van der Waals surface area (Å²) in [5.41, 5.74) is 3.13. The van der Waals surface area contributed by atoms with E-state index in [1.165, 1.54) is 11.1 Å². The Morgan fingerprint density at radius 2 is 1.75 bits per heavy atom. The van der Waals surface area contributed by atoms with Gasteiger partial charge in [0.15, 0.2) is 6.79 Å². The molecule has 2 heteroatoms. The second kappa shape index (κ2) is 6.62. The predicted octanol–water partition coefficient (Wildman–Crippen LogP) is 4.90. The van der Waals surface area contributed by atoms with Crippen LogP contribution in [0.5, 0.6) is 5.75 Å². The maximum absolute atomic E-state index is 5.53. The molecule has 0 amide bonds.